The summed E-state index contributed by atoms with van der Waals surface area (Å²) in [7, 11) is 0. The number of nitrogens with zero attached hydrogens (tertiary/aromatic N) is 2. The maximum absolute atomic E-state index is 5.88. The van der Waals surface area contributed by atoms with Gasteiger partial charge in [0.1, 0.15) is 12.0 Å². The largest absolute Gasteiger partial charge is 0.473 e. The number of nitrogens with two attached hydrogens (primary N) is 1. The first kappa shape index (κ1) is 12.3. The maximum Gasteiger partial charge on any atom is 0.242 e. The molecule has 5 nitrogen and oxygen atoms in total. The van der Waals surface area contributed by atoms with Crippen LogP contribution in [0.3, 0.4) is 0 Å². The molecule has 5 heteroatoms. The lowest BCUT2D eigenvalue weighted by atomic mass is 10.3. The maximum atomic E-state index is 5.88. The molecule has 16 heavy (non-hydrogen) atoms. The lowest BCUT2D eigenvalue weighted by Crippen LogP contribution is -2.12. The van der Waals surface area contributed by atoms with Crippen LogP contribution in [0.25, 0.3) is 0 Å². The van der Waals surface area contributed by atoms with E-state index in [-0.39, 0.29) is 6.10 Å². The quantitative estimate of drug-likeness (QED) is 0.743. The van der Waals surface area contributed by atoms with Crippen molar-refractivity contribution in [3.05, 3.63) is 18.5 Å². The van der Waals surface area contributed by atoms with Crippen LogP contribution in [-0.2, 0) is 0 Å². The smallest absolute Gasteiger partial charge is 0.242 e. The summed E-state index contributed by atoms with van der Waals surface area (Å²) in [6, 6.07) is 0. The minimum absolute atomic E-state index is 0.0335. The molecule has 0 radical (unpaired) electrons. The third-order valence-electron chi connectivity index (χ3n) is 1.75. The minimum atomic E-state index is 0.0335. The van der Waals surface area contributed by atoms with Crippen molar-refractivity contribution >= 4 is 11.5 Å². The summed E-state index contributed by atoms with van der Waals surface area (Å²) in [5, 5.41) is 3.07. The number of aromatic nitrogens is 2. The summed E-state index contributed by atoms with van der Waals surface area (Å²) in [6.07, 6.45) is 1.46. The molecule has 0 saturated heterocycles. The number of hydrogen-bond donors (Lipinski definition) is 2. The highest BCUT2D eigenvalue weighted by Gasteiger charge is 2.09. The molecule has 1 aromatic rings. The molecular weight excluding hydrogens is 204 g/mol. The first-order valence-electron chi connectivity index (χ1n) is 5.16. The summed E-state index contributed by atoms with van der Waals surface area (Å²) in [6.45, 7) is 10.2. The number of ether oxygens (including phenoxy) is 1. The van der Waals surface area contributed by atoms with Crippen molar-refractivity contribution in [1.29, 1.82) is 0 Å². The van der Waals surface area contributed by atoms with Gasteiger partial charge in [-0.05, 0) is 20.8 Å². The van der Waals surface area contributed by atoms with Gasteiger partial charge in [-0.3, -0.25) is 0 Å². The highest BCUT2D eigenvalue weighted by molar-refractivity contribution is 5.66. The molecule has 1 heterocycles. The van der Waals surface area contributed by atoms with Gasteiger partial charge >= 0.3 is 0 Å². The molecule has 0 saturated carbocycles. The Morgan fingerprint density at radius 2 is 2.25 bits per heavy atom. The van der Waals surface area contributed by atoms with Crippen molar-refractivity contribution in [1.82, 2.24) is 9.97 Å². The second-order valence-corrected chi connectivity index (χ2v) is 3.92. The van der Waals surface area contributed by atoms with Gasteiger partial charge in [0.2, 0.25) is 5.88 Å². The van der Waals surface area contributed by atoms with Crippen LogP contribution in [0.1, 0.15) is 20.8 Å². The molecule has 0 aliphatic heterocycles. The van der Waals surface area contributed by atoms with Crippen LogP contribution in [0.15, 0.2) is 18.5 Å². The van der Waals surface area contributed by atoms with Crippen molar-refractivity contribution in [3.8, 4) is 5.88 Å². The number of anilines is 2. The van der Waals surface area contributed by atoms with Gasteiger partial charge in [0.25, 0.3) is 0 Å². The Morgan fingerprint density at radius 3 is 2.81 bits per heavy atom. The van der Waals surface area contributed by atoms with Gasteiger partial charge in [-0.2, -0.15) is 4.98 Å². The van der Waals surface area contributed by atoms with Crippen molar-refractivity contribution < 1.29 is 4.74 Å². The first-order valence-corrected chi connectivity index (χ1v) is 5.16. The van der Waals surface area contributed by atoms with Gasteiger partial charge in [-0.15, -0.1) is 0 Å². The van der Waals surface area contributed by atoms with E-state index in [1.807, 2.05) is 20.8 Å². The van der Waals surface area contributed by atoms with Crippen LogP contribution in [0.2, 0.25) is 0 Å². The summed E-state index contributed by atoms with van der Waals surface area (Å²) >= 11 is 0. The molecule has 0 amide bonds. The molecule has 0 bridgehead atoms. The summed E-state index contributed by atoms with van der Waals surface area (Å²) in [5.41, 5.74) is 7.31. The number of nitrogens with one attached hydrogen (secondary N) is 1. The molecule has 0 atom stereocenters. The third-order valence-corrected chi connectivity index (χ3v) is 1.75. The monoisotopic (exact) mass is 222 g/mol. The average Bonchev–Trinajstić information content (AvgIpc) is 2.18. The van der Waals surface area contributed by atoms with Crippen LogP contribution in [0.5, 0.6) is 5.88 Å². The van der Waals surface area contributed by atoms with Crippen molar-refractivity contribution in [2.45, 2.75) is 26.9 Å². The van der Waals surface area contributed by atoms with Crippen molar-refractivity contribution in [3.63, 3.8) is 0 Å². The summed E-state index contributed by atoms with van der Waals surface area (Å²) in [4.78, 5) is 8.04. The zero-order valence-electron chi connectivity index (χ0n) is 9.95. The Balaban J connectivity index is 2.81. The zero-order valence-corrected chi connectivity index (χ0v) is 9.95. The SMILES string of the molecule is C=C(C)CNc1ncnc(OC(C)C)c1N. The van der Waals surface area contributed by atoms with E-state index >= 15 is 0 Å². The van der Waals surface area contributed by atoms with Crippen molar-refractivity contribution in [2.75, 3.05) is 17.6 Å². The predicted molar refractivity (Wildman–Crippen MR) is 65.5 cm³/mol. The van der Waals surface area contributed by atoms with Gasteiger partial charge in [-0.25, -0.2) is 4.98 Å². The van der Waals surface area contributed by atoms with Crippen LogP contribution in [0.4, 0.5) is 11.5 Å². The van der Waals surface area contributed by atoms with E-state index in [4.69, 9.17) is 10.5 Å². The molecule has 1 aromatic heterocycles. The molecule has 0 aromatic carbocycles. The lowest BCUT2D eigenvalue weighted by Gasteiger charge is -2.13. The highest BCUT2D eigenvalue weighted by atomic mass is 16.5. The van der Waals surface area contributed by atoms with E-state index < -0.39 is 0 Å². The first-order chi connectivity index (χ1) is 7.50. The zero-order chi connectivity index (χ0) is 12.1. The van der Waals surface area contributed by atoms with E-state index in [1.54, 1.807) is 0 Å². The second-order valence-electron chi connectivity index (χ2n) is 3.92. The van der Waals surface area contributed by atoms with E-state index in [9.17, 15) is 0 Å². The predicted octanol–water partition coefficient (Wildman–Crippen LogP) is 1.83. The number of nitrogen functional groups attached to an aromatic ring is 1. The highest BCUT2D eigenvalue weighted by Crippen LogP contribution is 2.25. The van der Waals surface area contributed by atoms with Crippen LogP contribution in [0, 0.1) is 0 Å². The fourth-order valence-corrected chi connectivity index (χ4v) is 1.07. The van der Waals surface area contributed by atoms with Crippen LogP contribution in [-0.4, -0.2) is 22.6 Å². The van der Waals surface area contributed by atoms with Gasteiger partial charge in [0, 0.05) is 6.54 Å². The van der Waals surface area contributed by atoms with Gasteiger partial charge < -0.3 is 15.8 Å². The molecule has 3 N–H and O–H groups in total. The molecule has 0 aliphatic rings. The number of hydrogen-bond acceptors (Lipinski definition) is 5. The standard InChI is InChI=1S/C11H18N4O/c1-7(2)5-13-10-9(12)11(15-6-14-10)16-8(3)4/h6,8H,1,5,12H2,2-4H3,(H,13,14,15). The minimum Gasteiger partial charge on any atom is -0.473 e. The average molecular weight is 222 g/mol. The normalized spacial score (nSPS) is 10.2. The third kappa shape index (κ3) is 3.42. The van der Waals surface area contributed by atoms with Gasteiger partial charge in [0.05, 0.1) is 6.10 Å². The second kappa shape index (κ2) is 5.34. The number of rotatable bonds is 5. The van der Waals surface area contributed by atoms with E-state index in [0.717, 1.165) is 5.57 Å². The van der Waals surface area contributed by atoms with Crippen molar-refractivity contribution in [2.24, 2.45) is 0 Å². The Kier molecular flexibility index (Phi) is 4.10. The Morgan fingerprint density at radius 1 is 1.56 bits per heavy atom. The van der Waals surface area contributed by atoms with E-state index in [1.165, 1.54) is 6.33 Å². The molecule has 0 unspecified atom stereocenters. The summed E-state index contributed by atoms with van der Waals surface area (Å²) < 4.78 is 5.45. The van der Waals surface area contributed by atoms with Crippen LogP contribution < -0.4 is 15.8 Å². The Labute approximate surface area is 95.7 Å². The topological polar surface area (TPSA) is 73.1 Å². The molecule has 0 aliphatic carbocycles. The van der Waals surface area contributed by atoms with Gasteiger partial charge in [0.15, 0.2) is 5.82 Å². The lowest BCUT2D eigenvalue weighted by molar-refractivity contribution is 0.234. The van der Waals surface area contributed by atoms with E-state index in [2.05, 4.69) is 21.9 Å². The van der Waals surface area contributed by atoms with Crippen LogP contribution >= 0.6 is 0 Å². The fraction of sp³-hybridized carbons (Fsp3) is 0.455. The Bertz CT molecular complexity index is 376. The summed E-state index contributed by atoms with van der Waals surface area (Å²) in [5.74, 6) is 0.989. The Hall–Kier alpha value is -1.78. The molecule has 0 spiro atoms. The van der Waals surface area contributed by atoms with Gasteiger partial charge in [-0.1, -0.05) is 12.2 Å². The molecule has 88 valence electrons. The molecule has 0 fully saturated rings. The molecule has 1 rings (SSSR count). The van der Waals surface area contributed by atoms with E-state index in [0.29, 0.717) is 23.9 Å². The molecular formula is C11H18N4O. The fourth-order valence-electron chi connectivity index (χ4n) is 1.07.